The van der Waals surface area contributed by atoms with Gasteiger partial charge in [-0.25, -0.2) is 15.0 Å². The highest BCUT2D eigenvalue weighted by Crippen LogP contribution is 2.26. The lowest BCUT2D eigenvalue weighted by Gasteiger charge is -2.28. The zero-order chi connectivity index (χ0) is 25.2. The van der Waals surface area contributed by atoms with E-state index in [0.717, 1.165) is 61.0 Å². The average Bonchev–Trinajstić information content (AvgIpc) is 3.36. The van der Waals surface area contributed by atoms with Crippen molar-refractivity contribution in [1.82, 2.24) is 15.0 Å². The van der Waals surface area contributed by atoms with Crippen LogP contribution in [0, 0.1) is 0 Å². The Hall–Kier alpha value is -2.56. The molecule has 11 heteroatoms. The van der Waals surface area contributed by atoms with Crippen molar-refractivity contribution in [2.75, 3.05) is 48.5 Å². The number of carboxylic acid groups (broad SMARTS) is 1. The normalized spacial score (nSPS) is 14.0. The van der Waals surface area contributed by atoms with E-state index < -0.39 is 5.97 Å². The number of rotatable bonds is 13. The minimum absolute atomic E-state index is 0. The minimum Gasteiger partial charge on any atom is -0.481 e. The van der Waals surface area contributed by atoms with Crippen molar-refractivity contribution in [3.05, 3.63) is 58.3 Å². The van der Waals surface area contributed by atoms with Gasteiger partial charge in [-0.15, -0.1) is 23.7 Å². The van der Waals surface area contributed by atoms with Gasteiger partial charge in [-0.05, 0) is 37.3 Å². The van der Waals surface area contributed by atoms with Gasteiger partial charge in [0.15, 0.2) is 0 Å². The van der Waals surface area contributed by atoms with Crippen molar-refractivity contribution in [2.24, 2.45) is 0 Å². The van der Waals surface area contributed by atoms with E-state index in [1.54, 1.807) is 30.7 Å². The molecule has 37 heavy (non-hydrogen) atoms. The number of ether oxygens (including phenoxy) is 1. The number of halogens is 1. The van der Waals surface area contributed by atoms with E-state index >= 15 is 0 Å². The Bertz CT molecular complexity index is 1110. The molecule has 0 aromatic carbocycles. The van der Waals surface area contributed by atoms with Crippen LogP contribution in [-0.4, -0.2) is 64.3 Å². The number of carbonyl (C=O) groups is 1. The molecule has 3 aromatic rings. The molecular weight excluding hydrogens is 530 g/mol. The number of hydrogen-bond acceptors (Lipinski definition) is 9. The minimum atomic E-state index is -0.825. The predicted octanol–water partition coefficient (Wildman–Crippen LogP) is 5.15. The molecule has 8 nitrogen and oxygen atoms in total. The Labute approximate surface area is 232 Å². The van der Waals surface area contributed by atoms with E-state index in [1.807, 2.05) is 29.4 Å². The lowest BCUT2D eigenvalue weighted by Crippen LogP contribution is -2.32. The summed E-state index contributed by atoms with van der Waals surface area (Å²) >= 11 is 3.66. The van der Waals surface area contributed by atoms with E-state index in [-0.39, 0.29) is 24.7 Å². The van der Waals surface area contributed by atoms with Gasteiger partial charge >= 0.3 is 5.97 Å². The molecule has 200 valence electrons. The first-order valence-corrected chi connectivity index (χ1v) is 14.3. The third kappa shape index (κ3) is 9.05. The number of aliphatic carboxylic acids is 1. The second-order valence-corrected chi connectivity index (χ2v) is 10.9. The van der Waals surface area contributed by atoms with E-state index in [4.69, 9.17) is 9.72 Å². The number of nitrogens with one attached hydrogen (secondary N) is 1. The van der Waals surface area contributed by atoms with Gasteiger partial charge in [0, 0.05) is 72.7 Å². The van der Waals surface area contributed by atoms with Crippen LogP contribution in [0.3, 0.4) is 0 Å². The average molecular weight is 564 g/mol. The molecule has 0 bridgehead atoms. The molecule has 4 rings (SSSR count). The van der Waals surface area contributed by atoms with Crippen LogP contribution < -0.4 is 15.0 Å². The van der Waals surface area contributed by atoms with Crippen LogP contribution >= 0.6 is 35.5 Å². The van der Waals surface area contributed by atoms with Crippen molar-refractivity contribution in [3.8, 4) is 5.88 Å². The van der Waals surface area contributed by atoms with Gasteiger partial charge in [-0.2, -0.15) is 11.8 Å². The zero-order valence-corrected chi connectivity index (χ0v) is 23.4. The molecule has 1 aliphatic heterocycles. The monoisotopic (exact) mass is 563 g/mol. The lowest BCUT2D eigenvalue weighted by molar-refractivity contribution is -0.137. The summed E-state index contributed by atoms with van der Waals surface area (Å²) in [5.74, 6) is 2.81. The number of aryl methyl sites for hydroxylation is 1. The Morgan fingerprint density at radius 1 is 1.22 bits per heavy atom. The van der Waals surface area contributed by atoms with Gasteiger partial charge in [0.2, 0.25) is 5.88 Å². The first kappa shape index (κ1) is 29.0. The highest BCUT2D eigenvalue weighted by atomic mass is 35.5. The van der Waals surface area contributed by atoms with Crippen molar-refractivity contribution in [2.45, 2.75) is 38.0 Å². The second kappa shape index (κ2) is 15.0. The zero-order valence-electron chi connectivity index (χ0n) is 21.0. The molecule has 1 fully saturated rings. The second-order valence-electron chi connectivity index (χ2n) is 8.75. The number of pyridine rings is 2. The molecule has 0 aliphatic carbocycles. The molecule has 1 atom stereocenters. The first-order valence-electron chi connectivity index (χ1n) is 12.3. The van der Waals surface area contributed by atoms with Gasteiger partial charge in [-0.3, -0.25) is 4.79 Å². The van der Waals surface area contributed by atoms with Crippen molar-refractivity contribution in [3.63, 3.8) is 0 Å². The Kier molecular flexibility index (Phi) is 11.8. The summed E-state index contributed by atoms with van der Waals surface area (Å²) < 4.78 is 5.11. The van der Waals surface area contributed by atoms with Crippen LogP contribution in [0.2, 0.25) is 0 Å². The van der Waals surface area contributed by atoms with Gasteiger partial charge in [0.05, 0.1) is 24.2 Å². The standard InChI is InChI=1S/C26H33N5O3S2.ClH/c1-34-24-6-5-19(17-29-24)20(15-26(32)33)14-21-18-36-25(30-21)4-2-3-8-27-23-16-22(7-9-28-23)31-10-12-35-13-11-31;/h5-7,9,16-18,20H,2-4,8,10-15H2,1H3,(H,27,28)(H,32,33);1H. The third-order valence-corrected chi connectivity index (χ3v) is 8.06. The molecule has 1 aliphatic rings. The number of unbranched alkanes of at least 4 members (excludes halogenated alkanes) is 1. The molecule has 1 unspecified atom stereocenters. The molecule has 0 saturated carbocycles. The van der Waals surface area contributed by atoms with Crippen molar-refractivity contribution >= 4 is 53.0 Å². The fraction of sp³-hybridized carbons (Fsp3) is 0.462. The molecule has 0 spiro atoms. The third-order valence-electron chi connectivity index (χ3n) is 6.16. The van der Waals surface area contributed by atoms with Crippen LogP contribution in [0.5, 0.6) is 5.88 Å². The number of nitrogens with zero attached hydrogens (tertiary/aromatic N) is 4. The Balaban J connectivity index is 0.00000380. The van der Waals surface area contributed by atoms with Gasteiger partial charge < -0.3 is 20.1 Å². The fourth-order valence-electron chi connectivity index (χ4n) is 4.23. The largest absolute Gasteiger partial charge is 0.481 e. The maximum atomic E-state index is 11.4. The molecular formula is C26H34ClN5O3S2. The van der Waals surface area contributed by atoms with Crippen LogP contribution in [0.25, 0.3) is 0 Å². The lowest BCUT2D eigenvalue weighted by atomic mass is 9.92. The Morgan fingerprint density at radius 2 is 2.05 bits per heavy atom. The predicted molar refractivity (Wildman–Crippen MR) is 154 cm³/mol. The van der Waals surface area contributed by atoms with Crippen LogP contribution in [0.15, 0.2) is 42.0 Å². The Morgan fingerprint density at radius 3 is 2.78 bits per heavy atom. The number of aromatic nitrogens is 3. The van der Waals surface area contributed by atoms with Crippen LogP contribution in [-0.2, 0) is 17.6 Å². The number of methoxy groups -OCH3 is 1. The van der Waals surface area contributed by atoms with E-state index in [2.05, 4.69) is 32.3 Å². The SMILES string of the molecule is COc1ccc(C(CC(=O)O)Cc2csc(CCCCNc3cc(N4CCSCC4)ccn3)n2)cn1.Cl. The highest BCUT2D eigenvalue weighted by Gasteiger charge is 2.19. The van der Waals surface area contributed by atoms with Gasteiger partial charge in [-0.1, -0.05) is 6.07 Å². The van der Waals surface area contributed by atoms with Crippen molar-refractivity contribution in [1.29, 1.82) is 0 Å². The highest BCUT2D eigenvalue weighted by molar-refractivity contribution is 7.99. The molecule has 1 saturated heterocycles. The van der Waals surface area contributed by atoms with Gasteiger partial charge in [0.25, 0.3) is 0 Å². The smallest absolute Gasteiger partial charge is 0.303 e. The van der Waals surface area contributed by atoms with E-state index in [1.165, 1.54) is 17.2 Å². The number of hydrogen-bond donors (Lipinski definition) is 2. The number of thioether (sulfide) groups is 1. The van der Waals surface area contributed by atoms with Crippen LogP contribution in [0.1, 0.15) is 41.4 Å². The fourth-order valence-corrected chi connectivity index (χ4v) is 5.99. The maximum absolute atomic E-state index is 11.4. The maximum Gasteiger partial charge on any atom is 0.303 e. The molecule has 0 radical (unpaired) electrons. The number of thiazole rings is 1. The summed E-state index contributed by atoms with van der Waals surface area (Å²) in [6, 6.07) is 7.89. The first-order chi connectivity index (χ1) is 17.6. The summed E-state index contributed by atoms with van der Waals surface area (Å²) in [6.45, 7) is 3.06. The van der Waals surface area contributed by atoms with E-state index in [0.29, 0.717) is 12.3 Å². The molecule has 0 amide bonds. The summed E-state index contributed by atoms with van der Waals surface area (Å²) in [5, 5.41) is 16.0. The van der Waals surface area contributed by atoms with Gasteiger partial charge in [0.1, 0.15) is 5.82 Å². The summed E-state index contributed by atoms with van der Waals surface area (Å²) in [4.78, 5) is 27.3. The van der Waals surface area contributed by atoms with E-state index in [9.17, 15) is 9.90 Å². The molecule has 4 heterocycles. The quantitative estimate of drug-likeness (QED) is 0.273. The molecule has 3 aromatic heterocycles. The summed E-state index contributed by atoms with van der Waals surface area (Å²) in [6.07, 6.45) is 7.18. The topological polar surface area (TPSA) is 100 Å². The summed E-state index contributed by atoms with van der Waals surface area (Å²) in [5.41, 5.74) is 3.07. The number of carboxylic acids is 1. The number of anilines is 2. The van der Waals surface area contributed by atoms with Crippen molar-refractivity contribution < 1.29 is 14.6 Å². The molecule has 2 N–H and O–H groups in total. The summed E-state index contributed by atoms with van der Waals surface area (Å²) in [7, 11) is 1.56. The van der Waals surface area contributed by atoms with Crippen LogP contribution in [0.4, 0.5) is 11.5 Å².